The molecule has 5 heteroatoms. The van der Waals surface area contributed by atoms with Crippen LogP contribution in [0.5, 0.6) is 23.0 Å². The van der Waals surface area contributed by atoms with Gasteiger partial charge in [0.05, 0.1) is 25.4 Å². The van der Waals surface area contributed by atoms with E-state index in [1.165, 1.54) is 11.1 Å². The fraction of sp³-hybridized carbons (Fsp3) is 0.280. The zero-order chi connectivity index (χ0) is 38.7. The molecule has 5 nitrogen and oxygen atoms in total. The van der Waals surface area contributed by atoms with Crippen LogP contribution in [0.1, 0.15) is 86.1 Å². The maximum atomic E-state index is 7.85. The number of hydrogen-bond acceptors (Lipinski definition) is 5. The van der Waals surface area contributed by atoms with Gasteiger partial charge < -0.3 is 23.7 Å². The van der Waals surface area contributed by atoms with Crippen LogP contribution in [0.25, 0.3) is 0 Å². The highest BCUT2D eigenvalue weighted by Gasteiger charge is 2.44. The molecule has 6 aromatic rings. The highest BCUT2D eigenvalue weighted by molar-refractivity contribution is 5.42. The Morgan fingerprint density at radius 3 is 1.15 bits per heavy atom. The summed E-state index contributed by atoms with van der Waals surface area (Å²) in [6, 6.07) is 54.2. The van der Waals surface area contributed by atoms with Crippen LogP contribution in [-0.2, 0) is 38.3 Å². The van der Waals surface area contributed by atoms with Gasteiger partial charge in [-0.3, -0.25) is 0 Å². The summed E-state index contributed by atoms with van der Waals surface area (Å²) in [5.41, 5.74) is 5.83. The van der Waals surface area contributed by atoms with Crippen molar-refractivity contribution >= 4 is 0 Å². The van der Waals surface area contributed by atoms with Gasteiger partial charge in [0.1, 0.15) is 23.0 Å². The molecule has 0 radical (unpaired) electrons. The van der Waals surface area contributed by atoms with Gasteiger partial charge in [0.25, 0.3) is 0 Å². The summed E-state index contributed by atoms with van der Waals surface area (Å²) in [5.74, 6) is 3.08. The summed E-state index contributed by atoms with van der Waals surface area (Å²) < 4.78 is 31.6. The quantitative estimate of drug-likeness (QED) is 0.0880. The lowest BCUT2D eigenvalue weighted by Gasteiger charge is -2.45. The highest BCUT2D eigenvalue weighted by atomic mass is 16.5. The maximum absolute atomic E-state index is 7.85. The van der Waals surface area contributed by atoms with Gasteiger partial charge in [-0.2, -0.15) is 0 Å². The molecule has 0 heterocycles. The second-order valence-corrected chi connectivity index (χ2v) is 14.7. The summed E-state index contributed by atoms with van der Waals surface area (Å²) >= 11 is 0. The summed E-state index contributed by atoms with van der Waals surface area (Å²) in [5, 5.41) is 0. The molecule has 4 unspecified atom stereocenters. The summed E-state index contributed by atoms with van der Waals surface area (Å²) in [4.78, 5) is 0. The summed E-state index contributed by atoms with van der Waals surface area (Å²) in [6.45, 7) is 10.3. The van der Waals surface area contributed by atoms with Gasteiger partial charge in [-0.1, -0.05) is 137 Å². The lowest BCUT2D eigenvalue weighted by Crippen LogP contribution is -2.38. The number of benzene rings is 6. The Morgan fingerprint density at radius 2 is 0.800 bits per heavy atom. The topological polar surface area (TPSA) is 46.2 Å². The van der Waals surface area contributed by atoms with Crippen molar-refractivity contribution < 1.29 is 23.7 Å². The molecule has 0 bridgehead atoms. The van der Waals surface area contributed by atoms with Crippen molar-refractivity contribution in [3.63, 3.8) is 0 Å². The zero-order valence-electron chi connectivity index (χ0n) is 33.0. The fourth-order valence-corrected chi connectivity index (χ4v) is 7.44. The molecular weight excluding hydrogens is 681 g/mol. The van der Waals surface area contributed by atoms with E-state index in [1.54, 1.807) is 14.2 Å². The predicted molar refractivity (Wildman–Crippen MR) is 222 cm³/mol. The van der Waals surface area contributed by atoms with Gasteiger partial charge >= 0.3 is 0 Å². The molecule has 0 saturated heterocycles. The normalized spacial score (nSPS) is 14.7. The van der Waals surface area contributed by atoms with Crippen LogP contribution in [-0.4, -0.2) is 14.2 Å². The Labute approximate surface area is 327 Å². The molecule has 0 fully saturated rings. The summed E-state index contributed by atoms with van der Waals surface area (Å²) in [6.07, 6.45) is 0.882. The molecule has 0 aliphatic rings. The second kappa shape index (κ2) is 18.4. The lowest BCUT2D eigenvalue weighted by molar-refractivity contribution is -0.0906. The van der Waals surface area contributed by atoms with E-state index in [0.717, 1.165) is 58.1 Å². The molecule has 6 rings (SSSR count). The Hall–Kier alpha value is -5.20. The van der Waals surface area contributed by atoms with Crippen LogP contribution in [0.15, 0.2) is 158 Å². The molecule has 284 valence electrons. The first-order valence-electron chi connectivity index (χ1n) is 19.3. The molecule has 4 atom stereocenters. The average molecular weight is 735 g/mol. The van der Waals surface area contributed by atoms with E-state index >= 15 is 0 Å². The van der Waals surface area contributed by atoms with Crippen LogP contribution in [0.2, 0.25) is 0 Å². The number of rotatable bonds is 18. The Kier molecular flexibility index (Phi) is 13.2. The van der Waals surface area contributed by atoms with E-state index in [4.69, 9.17) is 23.7 Å². The van der Waals surface area contributed by atoms with E-state index in [-0.39, 0.29) is 12.2 Å². The van der Waals surface area contributed by atoms with Crippen molar-refractivity contribution in [3.8, 4) is 23.0 Å². The molecule has 0 amide bonds. The van der Waals surface area contributed by atoms with Gasteiger partial charge in [-0.25, -0.2) is 0 Å². The Morgan fingerprint density at radius 1 is 0.436 bits per heavy atom. The van der Waals surface area contributed by atoms with Gasteiger partial charge in [0.15, 0.2) is 0 Å². The molecule has 0 aliphatic carbocycles. The minimum atomic E-state index is -0.440. The van der Waals surface area contributed by atoms with E-state index < -0.39 is 10.8 Å². The first-order valence-corrected chi connectivity index (χ1v) is 19.3. The number of hydrogen-bond donors (Lipinski definition) is 0. The first-order chi connectivity index (χ1) is 26.8. The van der Waals surface area contributed by atoms with E-state index in [0.29, 0.717) is 13.2 Å². The minimum Gasteiger partial charge on any atom is -0.457 e. The molecule has 55 heavy (non-hydrogen) atoms. The third-order valence-corrected chi connectivity index (χ3v) is 11.0. The maximum Gasteiger partial charge on any atom is 0.127 e. The fourth-order valence-electron chi connectivity index (χ4n) is 7.44. The molecule has 6 aromatic carbocycles. The van der Waals surface area contributed by atoms with E-state index in [9.17, 15) is 0 Å². The van der Waals surface area contributed by atoms with Crippen molar-refractivity contribution in [1.82, 2.24) is 0 Å². The van der Waals surface area contributed by atoms with E-state index in [1.807, 2.05) is 72.8 Å². The lowest BCUT2D eigenvalue weighted by atomic mass is 9.70. The van der Waals surface area contributed by atoms with Gasteiger partial charge in [0.2, 0.25) is 0 Å². The van der Waals surface area contributed by atoms with Crippen molar-refractivity contribution in [2.45, 2.75) is 76.8 Å². The van der Waals surface area contributed by atoms with Crippen molar-refractivity contribution in [1.29, 1.82) is 0 Å². The van der Waals surface area contributed by atoms with Crippen molar-refractivity contribution in [2.75, 3.05) is 14.2 Å². The van der Waals surface area contributed by atoms with Crippen LogP contribution in [0, 0.1) is 0 Å². The van der Waals surface area contributed by atoms with Gasteiger partial charge in [0, 0.05) is 25.0 Å². The smallest absolute Gasteiger partial charge is 0.127 e. The molecule has 0 aliphatic heterocycles. The van der Waals surface area contributed by atoms with Gasteiger partial charge in [-0.05, 0) is 94.8 Å². The van der Waals surface area contributed by atoms with Crippen LogP contribution < -0.4 is 9.47 Å². The van der Waals surface area contributed by atoms with E-state index in [2.05, 4.69) is 113 Å². The number of para-hydroxylation sites is 2. The minimum absolute atomic E-state index is 0.382. The zero-order valence-corrected chi connectivity index (χ0v) is 33.0. The Bertz CT molecular complexity index is 1910. The van der Waals surface area contributed by atoms with Crippen LogP contribution in [0.4, 0.5) is 0 Å². The monoisotopic (exact) mass is 734 g/mol. The SMILES string of the molecule is CCC(C)(c1ccc(COC)cc1)C(OC(c1cccc(Oc2ccccc2)c1)C(C)(CC)c1ccc(COC)cc1)c1cccc(Oc2ccccc2)c1. The third kappa shape index (κ3) is 9.37. The molecule has 0 spiro atoms. The van der Waals surface area contributed by atoms with Gasteiger partial charge in [-0.15, -0.1) is 0 Å². The first kappa shape index (κ1) is 39.5. The molecular formula is C50H54O5. The molecule has 0 N–H and O–H groups in total. The second-order valence-electron chi connectivity index (χ2n) is 14.7. The predicted octanol–water partition coefficient (Wildman–Crippen LogP) is 13.1. The number of methoxy groups -OCH3 is 2. The van der Waals surface area contributed by atoms with Crippen LogP contribution >= 0.6 is 0 Å². The standard InChI is InChI=1S/C50H54O5/c1-7-49(3,41-29-25-37(26-30-41)35-51-5)47(39-17-15-23-45(33-39)53-43-19-11-9-12-20-43)55-48(50(4,8-2)42-31-27-38(28-32-42)36-52-6)40-18-16-24-46(34-40)54-44-21-13-10-14-22-44/h9-34,47-48H,7-8,35-36H2,1-6H3. The highest BCUT2D eigenvalue weighted by Crippen LogP contribution is 2.51. The third-order valence-electron chi connectivity index (χ3n) is 11.0. The van der Waals surface area contributed by atoms with Crippen molar-refractivity contribution in [2.24, 2.45) is 0 Å². The number of ether oxygens (including phenoxy) is 5. The molecule has 0 saturated carbocycles. The average Bonchev–Trinajstić information content (AvgIpc) is 3.22. The van der Waals surface area contributed by atoms with Crippen molar-refractivity contribution in [3.05, 3.63) is 191 Å². The largest absolute Gasteiger partial charge is 0.457 e. The molecule has 0 aromatic heterocycles. The van der Waals surface area contributed by atoms with Crippen LogP contribution in [0.3, 0.4) is 0 Å². The summed E-state index contributed by atoms with van der Waals surface area (Å²) in [7, 11) is 3.46. The Balaban J connectivity index is 1.51.